The first-order valence-corrected chi connectivity index (χ1v) is 12.1. The zero-order valence-corrected chi connectivity index (χ0v) is 21.2. The Labute approximate surface area is 223 Å². The van der Waals surface area contributed by atoms with Gasteiger partial charge in [-0.3, -0.25) is 14.4 Å². The minimum absolute atomic E-state index is 0.211. The monoisotopic (exact) mass is 527 g/mol. The molecular formula is C29H22ClN3O5. The number of rotatable bonds is 5. The van der Waals surface area contributed by atoms with Gasteiger partial charge in [0.2, 0.25) is 18.0 Å². The molecule has 1 aliphatic heterocycles. The average molecular weight is 528 g/mol. The molecule has 0 saturated heterocycles. The Hall–Kier alpha value is -4.69. The van der Waals surface area contributed by atoms with Gasteiger partial charge in [0, 0.05) is 35.7 Å². The molecule has 0 bridgehead atoms. The Balaban J connectivity index is 1.43. The van der Waals surface area contributed by atoms with Gasteiger partial charge in [-0.15, -0.1) is 5.10 Å². The van der Waals surface area contributed by atoms with E-state index in [0.717, 1.165) is 10.8 Å². The molecule has 0 aliphatic carbocycles. The van der Waals surface area contributed by atoms with Crippen molar-refractivity contribution in [2.45, 2.75) is 20.1 Å². The highest BCUT2D eigenvalue weighted by atomic mass is 35.5. The Morgan fingerprint density at radius 2 is 1.63 bits per heavy atom. The molecule has 5 rings (SSSR count). The highest BCUT2D eigenvalue weighted by Gasteiger charge is 2.36. The van der Waals surface area contributed by atoms with Crippen molar-refractivity contribution in [1.29, 1.82) is 0 Å². The van der Waals surface area contributed by atoms with Crippen LogP contribution in [-0.2, 0) is 14.3 Å². The number of hydrazone groups is 1. The van der Waals surface area contributed by atoms with Crippen molar-refractivity contribution >= 4 is 51.7 Å². The van der Waals surface area contributed by atoms with Crippen LogP contribution in [0.4, 0.5) is 5.69 Å². The molecule has 0 radical (unpaired) electrons. The SMILES string of the molecule is CC(=O)Oc1ccc2ccccc2c1[C@@H]1OC(c2ccc(NC(=O)c3ccc(Cl)cc3)cc2)=NN1C(C)=O. The average Bonchev–Trinajstić information content (AvgIpc) is 3.34. The predicted octanol–water partition coefficient (Wildman–Crippen LogP) is 5.91. The first-order valence-electron chi connectivity index (χ1n) is 11.7. The van der Waals surface area contributed by atoms with E-state index < -0.39 is 12.2 Å². The van der Waals surface area contributed by atoms with Crippen LogP contribution < -0.4 is 10.1 Å². The molecule has 0 unspecified atom stereocenters. The molecule has 190 valence electrons. The molecule has 1 aliphatic rings. The molecule has 1 atom stereocenters. The first-order chi connectivity index (χ1) is 18.3. The van der Waals surface area contributed by atoms with Gasteiger partial charge in [0.05, 0.1) is 5.56 Å². The van der Waals surface area contributed by atoms with Crippen LogP contribution in [-0.4, -0.2) is 28.7 Å². The highest BCUT2D eigenvalue weighted by Crippen LogP contribution is 2.40. The summed E-state index contributed by atoms with van der Waals surface area (Å²) in [4.78, 5) is 36.9. The fourth-order valence-electron chi connectivity index (χ4n) is 4.15. The van der Waals surface area contributed by atoms with Gasteiger partial charge in [0.1, 0.15) is 5.75 Å². The van der Waals surface area contributed by atoms with E-state index in [2.05, 4.69) is 10.4 Å². The standard InChI is InChI=1S/C29H22ClN3O5/c1-17(34)33-29(26-24-6-4-3-5-19(24)11-16-25(26)37-18(2)35)38-28(32-33)21-9-14-23(15-10-21)31-27(36)20-7-12-22(30)13-8-20/h3-16,29H,1-2H3,(H,31,36)/t29-/m0/s1. The number of hydrogen-bond donors (Lipinski definition) is 1. The number of ether oxygens (including phenoxy) is 2. The molecule has 4 aromatic carbocycles. The Kier molecular flexibility index (Phi) is 6.81. The molecule has 2 amide bonds. The summed E-state index contributed by atoms with van der Waals surface area (Å²) in [5.74, 6) is -0.628. The maximum Gasteiger partial charge on any atom is 0.308 e. The van der Waals surface area contributed by atoms with Crippen LogP contribution in [0, 0.1) is 0 Å². The normalized spacial score (nSPS) is 14.6. The summed E-state index contributed by atoms with van der Waals surface area (Å²) in [6, 6.07) is 24.5. The summed E-state index contributed by atoms with van der Waals surface area (Å²) in [6.07, 6.45) is -0.952. The van der Waals surface area contributed by atoms with Gasteiger partial charge in [0.15, 0.2) is 0 Å². The van der Waals surface area contributed by atoms with E-state index in [1.165, 1.54) is 18.9 Å². The smallest absolute Gasteiger partial charge is 0.308 e. The van der Waals surface area contributed by atoms with Gasteiger partial charge in [-0.25, -0.2) is 0 Å². The fourth-order valence-corrected chi connectivity index (χ4v) is 4.27. The van der Waals surface area contributed by atoms with Crippen molar-refractivity contribution in [3.05, 3.63) is 107 Å². The van der Waals surface area contributed by atoms with Gasteiger partial charge in [-0.05, 0) is 65.4 Å². The quantitative estimate of drug-likeness (QED) is 0.257. The summed E-state index contributed by atoms with van der Waals surface area (Å²) >= 11 is 5.89. The van der Waals surface area contributed by atoms with Crippen molar-refractivity contribution in [3.63, 3.8) is 0 Å². The van der Waals surface area contributed by atoms with Crippen LogP contribution in [0.15, 0.2) is 90.0 Å². The third-order valence-electron chi connectivity index (χ3n) is 5.89. The van der Waals surface area contributed by atoms with Crippen molar-refractivity contribution in [1.82, 2.24) is 5.01 Å². The number of carbonyl (C=O) groups excluding carboxylic acids is 3. The molecule has 0 aromatic heterocycles. The van der Waals surface area contributed by atoms with Crippen LogP contribution >= 0.6 is 11.6 Å². The van der Waals surface area contributed by atoms with Crippen LogP contribution in [0.2, 0.25) is 5.02 Å². The number of hydrogen-bond acceptors (Lipinski definition) is 6. The zero-order chi connectivity index (χ0) is 26.8. The minimum atomic E-state index is -0.952. The lowest BCUT2D eigenvalue weighted by atomic mass is 10.0. The van der Waals surface area contributed by atoms with E-state index in [4.69, 9.17) is 21.1 Å². The lowest BCUT2D eigenvalue weighted by Gasteiger charge is -2.23. The molecule has 8 nitrogen and oxygen atoms in total. The molecule has 1 heterocycles. The van der Waals surface area contributed by atoms with E-state index in [1.54, 1.807) is 54.6 Å². The second-order valence-corrected chi connectivity index (χ2v) is 9.01. The number of carbonyl (C=O) groups is 3. The number of amides is 2. The molecule has 0 saturated carbocycles. The summed E-state index contributed by atoms with van der Waals surface area (Å²) in [7, 11) is 0. The van der Waals surface area contributed by atoms with Crippen LogP contribution in [0.3, 0.4) is 0 Å². The van der Waals surface area contributed by atoms with Gasteiger partial charge in [-0.1, -0.05) is 41.9 Å². The van der Waals surface area contributed by atoms with Gasteiger partial charge in [0.25, 0.3) is 5.91 Å². The third-order valence-corrected chi connectivity index (χ3v) is 6.15. The number of halogens is 1. The molecule has 9 heteroatoms. The second kappa shape index (κ2) is 10.4. The van der Waals surface area contributed by atoms with Crippen molar-refractivity contribution in [2.75, 3.05) is 5.32 Å². The van der Waals surface area contributed by atoms with Crippen molar-refractivity contribution in [2.24, 2.45) is 5.10 Å². The van der Waals surface area contributed by atoms with E-state index in [-0.39, 0.29) is 23.5 Å². The third kappa shape index (κ3) is 5.07. The van der Waals surface area contributed by atoms with E-state index in [9.17, 15) is 14.4 Å². The number of anilines is 1. The fraction of sp³-hybridized carbons (Fsp3) is 0.103. The lowest BCUT2D eigenvalue weighted by molar-refractivity contribution is -0.135. The van der Waals surface area contributed by atoms with E-state index in [0.29, 0.717) is 27.4 Å². The Bertz CT molecular complexity index is 1580. The second-order valence-electron chi connectivity index (χ2n) is 8.57. The van der Waals surface area contributed by atoms with Gasteiger partial charge < -0.3 is 14.8 Å². The van der Waals surface area contributed by atoms with Crippen molar-refractivity contribution in [3.8, 4) is 5.75 Å². The zero-order valence-electron chi connectivity index (χ0n) is 20.5. The lowest BCUT2D eigenvalue weighted by Crippen LogP contribution is -2.26. The maximum atomic E-state index is 12.6. The summed E-state index contributed by atoms with van der Waals surface area (Å²) in [6.45, 7) is 2.70. The van der Waals surface area contributed by atoms with Gasteiger partial charge >= 0.3 is 5.97 Å². The Morgan fingerprint density at radius 3 is 2.32 bits per heavy atom. The van der Waals surface area contributed by atoms with Crippen LogP contribution in [0.1, 0.15) is 41.6 Å². The predicted molar refractivity (Wildman–Crippen MR) is 144 cm³/mol. The topological polar surface area (TPSA) is 97.3 Å². The number of esters is 1. The van der Waals surface area contributed by atoms with E-state index in [1.807, 2.05) is 30.3 Å². The summed E-state index contributed by atoms with van der Waals surface area (Å²) in [5.41, 5.74) is 2.15. The summed E-state index contributed by atoms with van der Waals surface area (Å²) in [5, 5.41) is 10.7. The highest BCUT2D eigenvalue weighted by molar-refractivity contribution is 6.30. The number of nitrogens with one attached hydrogen (secondary N) is 1. The summed E-state index contributed by atoms with van der Waals surface area (Å²) < 4.78 is 11.7. The van der Waals surface area contributed by atoms with Crippen LogP contribution in [0.25, 0.3) is 10.8 Å². The Morgan fingerprint density at radius 1 is 0.921 bits per heavy atom. The minimum Gasteiger partial charge on any atom is -0.445 e. The first kappa shape index (κ1) is 25.0. The molecule has 0 spiro atoms. The number of nitrogens with zero attached hydrogens (tertiary/aromatic N) is 2. The van der Waals surface area contributed by atoms with Crippen molar-refractivity contribution < 1.29 is 23.9 Å². The van der Waals surface area contributed by atoms with Crippen LogP contribution in [0.5, 0.6) is 5.75 Å². The molecule has 38 heavy (non-hydrogen) atoms. The number of fused-ring (bicyclic) bond motifs is 1. The van der Waals surface area contributed by atoms with Gasteiger partial charge in [-0.2, -0.15) is 5.01 Å². The molecule has 4 aromatic rings. The maximum absolute atomic E-state index is 12.6. The van der Waals surface area contributed by atoms with E-state index >= 15 is 0 Å². The number of benzene rings is 4. The largest absolute Gasteiger partial charge is 0.445 e. The molecule has 1 N–H and O–H groups in total. The molecule has 0 fully saturated rings. The molecular weight excluding hydrogens is 506 g/mol.